The van der Waals surface area contributed by atoms with E-state index < -0.39 is 0 Å². The summed E-state index contributed by atoms with van der Waals surface area (Å²) in [6, 6.07) is 13.0. The molecule has 1 amide bonds. The number of hydrogen-bond donors (Lipinski definition) is 2. The monoisotopic (exact) mass is 362 g/mol. The summed E-state index contributed by atoms with van der Waals surface area (Å²) in [6.45, 7) is 0.452. The van der Waals surface area contributed by atoms with E-state index in [4.69, 9.17) is 27.9 Å². The van der Waals surface area contributed by atoms with E-state index in [0.717, 1.165) is 11.9 Å². The molecule has 24 heavy (non-hydrogen) atoms. The summed E-state index contributed by atoms with van der Waals surface area (Å²) in [4.78, 5) is 15.1. The Hall–Kier alpha value is -2.17. The highest BCUT2D eigenvalue weighted by molar-refractivity contribution is 6.35. The van der Waals surface area contributed by atoms with Crippen molar-refractivity contribution < 1.29 is 9.53 Å². The van der Waals surface area contributed by atoms with E-state index in [2.05, 4.69) is 16.4 Å². The molecule has 0 saturated carbocycles. The molecule has 0 radical (unpaired) electrons. The standard InChI is InChI=1S/C18H16Cl2N2O2/c19-13-5-6-17(15(20)9-13)24-11-18(23)21-8-7-12-10-22-16-4-2-1-3-14(12)16/h1-6,9-10,22H,7-8,11H2,(H,21,23). The zero-order valence-electron chi connectivity index (χ0n) is 12.8. The summed E-state index contributed by atoms with van der Waals surface area (Å²) in [5.41, 5.74) is 2.27. The van der Waals surface area contributed by atoms with E-state index in [1.807, 2.05) is 24.4 Å². The number of nitrogens with one attached hydrogen (secondary N) is 2. The second kappa shape index (κ2) is 7.60. The SMILES string of the molecule is O=C(COc1ccc(Cl)cc1Cl)NCCc1c[nH]c2ccccc12. The zero-order chi connectivity index (χ0) is 16.9. The van der Waals surface area contributed by atoms with Gasteiger partial charge in [0.05, 0.1) is 5.02 Å². The number of fused-ring (bicyclic) bond motifs is 1. The van der Waals surface area contributed by atoms with Crippen LogP contribution in [-0.4, -0.2) is 24.0 Å². The van der Waals surface area contributed by atoms with Crippen molar-refractivity contribution in [3.8, 4) is 5.75 Å². The van der Waals surface area contributed by atoms with Gasteiger partial charge >= 0.3 is 0 Å². The number of ether oxygens (including phenoxy) is 1. The average Bonchev–Trinajstić information content (AvgIpc) is 2.97. The van der Waals surface area contributed by atoms with Crippen LogP contribution in [0.3, 0.4) is 0 Å². The molecule has 1 heterocycles. The molecule has 2 aromatic carbocycles. The third kappa shape index (κ3) is 4.02. The number of amides is 1. The van der Waals surface area contributed by atoms with Crippen LogP contribution in [0.5, 0.6) is 5.75 Å². The molecule has 0 aliphatic rings. The molecule has 3 rings (SSSR count). The number of benzene rings is 2. The topological polar surface area (TPSA) is 54.1 Å². The van der Waals surface area contributed by atoms with E-state index >= 15 is 0 Å². The lowest BCUT2D eigenvalue weighted by Crippen LogP contribution is -2.30. The number of aromatic nitrogens is 1. The molecule has 0 unspecified atom stereocenters. The third-order valence-corrected chi connectivity index (χ3v) is 4.17. The maximum Gasteiger partial charge on any atom is 0.257 e. The van der Waals surface area contributed by atoms with Crippen LogP contribution in [0.25, 0.3) is 10.9 Å². The van der Waals surface area contributed by atoms with Gasteiger partial charge in [-0.25, -0.2) is 0 Å². The molecule has 0 aliphatic carbocycles. The van der Waals surface area contributed by atoms with Crippen molar-refractivity contribution >= 4 is 40.0 Å². The molecule has 0 saturated heterocycles. The number of halogens is 2. The lowest BCUT2D eigenvalue weighted by atomic mass is 10.1. The van der Waals surface area contributed by atoms with Gasteiger partial charge in [0.15, 0.2) is 6.61 Å². The van der Waals surface area contributed by atoms with Gasteiger partial charge in [0.2, 0.25) is 0 Å². The molecule has 4 nitrogen and oxygen atoms in total. The van der Waals surface area contributed by atoms with Crippen molar-refractivity contribution in [3.63, 3.8) is 0 Å². The molecule has 0 fully saturated rings. The number of aromatic amines is 1. The maximum absolute atomic E-state index is 11.9. The number of carbonyl (C=O) groups excluding carboxylic acids is 1. The van der Waals surface area contributed by atoms with Crippen LogP contribution >= 0.6 is 23.2 Å². The first-order valence-corrected chi connectivity index (χ1v) is 8.28. The Labute approximate surface area is 149 Å². The smallest absolute Gasteiger partial charge is 0.257 e. The van der Waals surface area contributed by atoms with Gasteiger partial charge in [0.1, 0.15) is 5.75 Å². The van der Waals surface area contributed by atoms with Crippen molar-refractivity contribution in [2.75, 3.05) is 13.2 Å². The van der Waals surface area contributed by atoms with Gasteiger partial charge in [-0.3, -0.25) is 4.79 Å². The fourth-order valence-electron chi connectivity index (χ4n) is 2.46. The van der Waals surface area contributed by atoms with E-state index in [9.17, 15) is 4.79 Å². The van der Waals surface area contributed by atoms with Gasteiger partial charge in [-0.1, -0.05) is 41.4 Å². The number of para-hydroxylation sites is 1. The summed E-state index contributed by atoms with van der Waals surface area (Å²) in [5, 5.41) is 4.92. The number of carbonyl (C=O) groups is 1. The molecule has 0 bridgehead atoms. The predicted octanol–water partition coefficient (Wildman–Crippen LogP) is 4.21. The van der Waals surface area contributed by atoms with Crippen LogP contribution in [0.2, 0.25) is 10.0 Å². The Morgan fingerprint density at radius 3 is 2.83 bits per heavy atom. The Morgan fingerprint density at radius 1 is 1.17 bits per heavy atom. The minimum absolute atomic E-state index is 0.0881. The minimum atomic E-state index is -0.194. The Kier molecular flexibility index (Phi) is 5.28. The summed E-state index contributed by atoms with van der Waals surface area (Å²) in [6.07, 6.45) is 2.72. The first-order chi connectivity index (χ1) is 11.6. The largest absolute Gasteiger partial charge is 0.482 e. The molecular formula is C18H16Cl2N2O2. The fraction of sp³-hybridized carbons (Fsp3) is 0.167. The lowest BCUT2D eigenvalue weighted by molar-refractivity contribution is -0.123. The maximum atomic E-state index is 11.9. The normalized spacial score (nSPS) is 10.8. The molecule has 0 aliphatic heterocycles. The summed E-state index contributed by atoms with van der Waals surface area (Å²) >= 11 is 11.8. The fourth-order valence-corrected chi connectivity index (χ4v) is 2.92. The Bertz CT molecular complexity index is 861. The Balaban J connectivity index is 1.47. The van der Waals surface area contributed by atoms with Crippen molar-refractivity contribution in [1.29, 1.82) is 0 Å². The van der Waals surface area contributed by atoms with Gasteiger partial charge in [0.25, 0.3) is 5.91 Å². The molecule has 124 valence electrons. The highest BCUT2D eigenvalue weighted by atomic mass is 35.5. The summed E-state index contributed by atoms with van der Waals surface area (Å²) in [7, 11) is 0. The van der Waals surface area contributed by atoms with E-state index in [-0.39, 0.29) is 12.5 Å². The van der Waals surface area contributed by atoms with Crippen molar-refractivity contribution in [2.24, 2.45) is 0 Å². The second-order valence-electron chi connectivity index (χ2n) is 5.32. The number of hydrogen-bond acceptors (Lipinski definition) is 2. The molecule has 0 spiro atoms. The molecular weight excluding hydrogens is 347 g/mol. The van der Waals surface area contributed by atoms with Crippen molar-refractivity contribution in [2.45, 2.75) is 6.42 Å². The van der Waals surface area contributed by atoms with Gasteiger partial charge in [-0.2, -0.15) is 0 Å². The van der Waals surface area contributed by atoms with Crippen LogP contribution in [-0.2, 0) is 11.2 Å². The number of H-pyrrole nitrogens is 1. The van der Waals surface area contributed by atoms with E-state index in [0.29, 0.717) is 22.3 Å². The second-order valence-corrected chi connectivity index (χ2v) is 6.17. The first kappa shape index (κ1) is 16.7. The van der Waals surface area contributed by atoms with Gasteiger partial charge in [-0.15, -0.1) is 0 Å². The molecule has 3 aromatic rings. The minimum Gasteiger partial charge on any atom is -0.482 e. The van der Waals surface area contributed by atoms with Crippen LogP contribution in [0.15, 0.2) is 48.7 Å². The highest BCUT2D eigenvalue weighted by Gasteiger charge is 2.07. The first-order valence-electron chi connectivity index (χ1n) is 7.53. The van der Waals surface area contributed by atoms with Crippen LogP contribution < -0.4 is 10.1 Å². The third-order valence-electron chi connectivity index (χ3n) is 3.64. The van der Waals surface area contributed by atoms with E-state index in [1.54, 1.807) is 18.2 Å². The molecule has 1 aromatic heterocycles. The van der Waals surface area contributed by atoms with Crippen LogP contribution in [0.4, 0.5) is 0 Å². The van der Waals surface area contributed by atoms with Crippen LogP contribution in [0.1, 0.15) is 5.56 Å². The lowest BCUT2D eigenvalue weighted by Gasteiger charge is -2.09. The van der Waals surface area contributed by atoms with Gasteiger partial charge < -0.3 is 15.0 Å². The highest BCUT2D eigenvalue weighted by Crippen LogP contribution is 2.27. The predicted molar refractivity (Wildman–Crippen MR) is 97.0 cm³/mol. The van der Waals surface area contributed by atoms with Gasteiger partial charge in [-0.05, 0) is 36.2 Å². The number of rotatable bonds is 6. The quantitative estimate of drug-likeness (QED) is 0.689. The van der Waals surface area contributed by atoms with Crippen molar-refractivity contribution in [1.82, 2.24) is 10.3 Å². The average molecular weight is 363 g/mol. The zero-order valence-corrected chi connectivity index (χ0v) is 14.3. The van der Waals surface area contributed by atoms with Gasteiger partial charge in [0, 0.05) is 28.7 Å². The van der Waals surface area contributed by atoms with E-state index in [1.165, 1.54) is 10.9 Å². The van der Waals surface area contributed by atoms with Crippen LogP contribution in [0, 0.1) is 0 Å². The summed E-state index contributed by atoms with van der Waals surface area (Å²) in [5.74, 6) is 0.244. The molecule has 2 N–H and O–H groups in total. The Morgan fingerprint density at radius 2 is 2.00 bits per heavy atom. The summed E-state index contributed by atoms with van der Waals surface area (Å²) < 4.78 is 5.40. The van der Waals surface area contributed by atoms with Crippen molar-refractivity contribution in [3.05, 3.63) is 64.3 Å². The molecule has 0 atom stereocenters. The molecule has 6 heteroatoms.